The van der Waals surface area contributed by atoms with Crippen molar-refractivity contribution < 1.29 is 38.1 Å². The van der Waals surface area contributed by atoms with Crippen molar-refractivity contribution in [2.75, 3.05) is 81.9 Å². The van der Waals surface area contributed by atoms with Crippen molar-refractivity contribution in [3.05, 3.63) is 58.7 Å². The summed E-state index contributed by atoms with van der Waals surface area (Å²) in [6.07, 6.45) is 14.2. The highest BCUT2D eigenvalue weighted by Crippen LogP contribution is 2.57. The molecule has 9 rings (SSSR count). The van der Waals surface area contributed by atoms with Gasteiger partial charge in [0.15, 0.2) is 5.82 Å². The fraction of sp³-hybridized carbons (Fsp3) is 0.615. The van der Waals surface area contributed by atoms with Crippen LogP contribution in [0, 0.1) is 17.2 Å². The molecule has 3 aromatic rings. The molecule has 1 aromatic heterocycles. The Morgan fingerprint density at radius 3 is 2.36 bits per heavy atom. The first kappa shape index (κ1) is 51.6. The van der Waals surface area contributed by atoms with Crippen LogP contribution < -0.4 is 46.1 Å². The number of amides is 3. The molecule has 20 heteroatoms. The Morgan fingerprint density at radius 2 is 1.67 bits per heavy atom. The summed E-state index contributed by atoms with van der Waals surface area (Å²) in [5, 5.41) is 19.0. The first-order valence-corrected chi connectivity index (χ1v) is 26.3. The van der Waals surface area contributed by atoms with Gasteiger partial charge >= 0.3 is 0 Å². The van der Waals surface area contributed by atoms with Crippen LogP contribution in [-0.4, -0.2) is 141 Å². The van der Waals surface area contributed by atoms with Gasteiger partial charge in [0.05, 0.1) is 81.0 Å². The number of anilines is 4. The summed E-state index contributed by atoms with van der Waals surface area (Å²) in [5.41, 5.74) is 8.34. The molecule has 388 valence electrons. The summed E-state index contributed by atoms with van der Waals surface area (Å²) >= 11 is 6.17. The number of likely N-dealkylation sites (tertiary alicyclic amines) is 1. The molecule has 2 saturated heterocycles. The third-order valence-corrected chi connectivity index (χ3v) is 15.7. The van der Waals surface area contributed by atoms with E-state index < -0.39 is 5.54 Å². The number of nitrogens with zero attached hydrogens (tertiary/aromatic N) is 6. The maximum Gasteiger partial charge on any atom is 0.253 e. The Kier molecular flexibility index (Phi) is 17.0. The van der Waals surface area contributed by atoms with E-state index in [9.17, 15) is 14.4 Å². The van der Waals surface area contributed by atoms with Gasteiger partial charge in [-0.1, -0.05) is 31.4 Å². The van der Waals surface area contributed by atoms with Crippen molar-refractivity contribution in [3.8, 4) is 17.6 Å². The summed E-state index contributed by atoms with van der Waals surface area (Å²) in [6, 6.07) is 12.5. The number of hydrogen-bond donors (Lipinski definition) is 5. The van der Waals surface area contributed by atoms with Crippen molar-refractivity contribution in [2.24, 2.45) is 5.92 Å². The number of ether oxygens (including phenoxy) is 5. The summed E-state index contributed by atoms with van der Waals surface area (Å²) in [6.45, 7) is 6.46. The number of hydrazine groups is 1. The molecule has 2 aromatic carbocycles. The van der Waals surface area contributed by atoms with Gasteiger partial charge in [-0.25, -0.2) is 15.8 Å². The van der Waals surface area contributed by atoms with Gasteiger partial charge in [0, 0.05) is 50.4 Å². The second-order valence-electron chi connectivity index (χ2n) is 20.0. The molecule has 4 unspecified atom stereocenters. The number of hydrogen-bond acceptors (Lipinski definition) is 16. The van der Waals surface area contributed by atoms with E-state index in [4.69, 9.17) is 45.5 Å². The number of nitrogens with one attached hydrogen (secondary N) is 5. The average molecular weight is 1010 g/mol. The molecule has 5 fully saturated rings. The lowest BCUT2D eigenvalue weighted by molar-refractivity contribution is -0.126. The maximum absolute atomic E-state index is 13.6. The predicted octanol–water partition coefficient (Wildman–Crippen LogP) is 5.59. The zero-order valence-corrected chi connectivity index (χ0v) is 42.5. The molecular weight excluding hydrogens is 942 g/mol. The number of halogens is 1. The Morgan fingerprint density at radius 1 is 0.917 bits per heavy atom. The summed E-state index contributed by atoms with van der Waals surface area (Å²) in [4.78, 5) is 55.8. The van der Waals surface area contributed by atoms with Crippen LogP contribution in [0.25, 0.3) is 0 Å². The predicted molar refractivity (Wildman–Crippen MR) is 272 cm³/mol. The monoisotopic (exact) mass is 1010 g/mol. The lowest BCUT2D eigenvalue weighted by Gasteiger charge is -2.45. The molecule has 0 bridgehead atoms. The van der Waals surface area contributed by atoms with Crippen LogP contribution in [0.15, 0.2) is 42.6 Å². The number of rotatable bonds is 20. The highest BCUT2D eigenvalue weighted by molar-refractivity contribution is 6.31. The van der Waals surface area contributed by atoms with E-state index >= 15 is 0 Å². The number of methoxy groups -OCH3 is 1. The van der Waals surface area contributed by atoms with Crippen LogP contribution >= 0.6 is 11.6 Å². The van der Waals surface area contributed by atoms with E-state index in [0.717, 1.165) is 102 Å². The Hall–Kier alpha value is -5.33. The number of carbonyl (C=O) groups is 3. The minimum atomic E-state index is -0.540. The minimum absolute atomic E-state index is 0.0314. The number of nitriles is 1. The van der Waals surface area contributed by atoms with E-state index in [2.05, 4.69) is 54.6 Å². The van der Waals surface area contributed by atoms with Gasteiger partial charge in [-0.2, -0.15) is 10.2 Å². The SMILES string of the molecule is COc1cc(C(=O)NCCOCCOCCOC2CCN(C3CCC(C(=O)NC4CCC(Oc5ccc(C#N)c(Cl)c5)CC4)NN3)CC2)ccc1Nc1ncc2c(n1)N(C1CCCC1)C1(CC1C)C(=O)N2C. The molecule has 6 aliphatic rings. The molecule has 4 atom stereocenters. The maximum atomic E-state index is 13.6. The van der Waals surface area contributed by atoms with Crippen LogP contribution in [0.5, 0.6) is 11.5 Å². The van der Waals surface area contributed by atoms with Crippen LogP contribution in [0.4, 0.5) is 23.1 Å². The average Bonchev–Trinajstić information content (AvgIpc) is 3.75. The second-order valence-corrected chi connectivity index (χ2v) is 20.4. The minimum Gasteiger partial charge on any atom is -0.495 e. The van der Waals surface area contributed by atoms with Crippen LogP contribution in [0.2, 0.25) is 5.02 Å². The zero-order valence-electron chi connectivity index (χ0n) is 41.8. The molecule has 3 amide bonds. The number of benzene rings is 2. The fourth-order valence-corrected chi connectivity index (χ4v) is 11.4. The van der Waals surface area contributed by atoms with Crippen molar-refractivity contribution in [2.45, 2.75) is 132 Å². The first-order valence-electron chi connectivity index (χ1n) is 25.9. The lowest BCUT2D eigenvalue weighted by atomic mass is 9.92. The van der Waals surface area contributed by atoms with Crippen LogP contribution in [0.3, 0.4) is 0 Å². The molecule has 72 heavy (non-hydrogen) atoms. The summed E-state index contributed by atoms with van der Waals surface area (Å²) < 4.78 is 29.4. The molecule has 4 heterocycles. The molecule has 0 radical (unpaired) electrons. The Labute approximate surface area is 427 Å². The smallest absolute Gasteiger partial charge is 0.253 e. The molecule has 1 spiro atoms. The molecule has 3 saturated carbocycles. The van der Waals surface area contributed by atoms with E-state index in [1.807, 2.05) is 7.05 Å². The second kappa shape index (κ2) is 23.7. The van der Waals surface area contributed by atoms with Gasteiger partial charge in [0.25, 0.3) is 11.8 Å². The van der Waals surface area contributed by atoms with Gasteiger partial charge < -0.3 is 49.4 Å². The third kappa shape index (κ3) is 11.9. The first-order chi connectivity index (χ1) is 35.0. The number of fused-ring (bicyclic) bond motifs is 1. The molecular formula is C52H70ClN11O8. The lowest BCUT2D eigenvalue weighted by Crippen LogP contribution is -2.63. The number of carbonyl (C=O) groups excluding carboxylic acids is 3. The summed E-state index contributed by atoms with van der Waals surface area (Å²) in [7, 11) is 3.37. The number of piperidine rings is 1. The normalized spacial score (nSPS) is 25.7. The molecule has 5 N–H and O–H groups in total. The highest BCUT2D eigenvalue weighted by Gasteiger charge is 2.66. The topological polar surface area (TPSA) is 217 Å². The van der Waals surface area contributed by atoms with E-state index in [-0.39, 0.29) is 60.1 Å². The van der Waals surface area contributed by atoms with Gasteiger partial charge in [-0.15, -0.1) is 0 Å². The number of aromatic nitrogens is 2. The van der Waals surface area contributed by atoms with Crippen molar-refractivity contribution in [3.63, 3.8) is 0 Å². The zero-order chi connectivity index (χ0) is 50.2. The van der Waals surface area contributed by atoms with E-state index in [1.54, 1.807) is 54.6 Å². The largest absolute Gasteiger partial charge is 0.495 e. The van der Waals surface area contributed by atoms with Crippen LogP contribution in [0.1, 0.15) is 106 Å². The molecule has 19 nitrogen and oxygen atoms in total. The molecule has 3 aliphatic heterocycles. The van der Waals surface area contributed by atoms with Crippen molar-refractivity contribution >= 4 is 52.5 Å². The van der Waals surface area contributed by atoms with E-state index in [1.165, 1.54) is 0 Å². The quantitative estimate of drug-likeness (QED) is 0.0872. The van der Waals surface area contributed by atoms with Gasteiger partial charge in [0.1, 0.15) is 34.8 Å². The van der Waals surface area contributed by atoms with Gasteiger partial charge in [-0.05, 0) is 107 Å². The van der Waals surface area contributed by atoms with Crippen molar-refractivity contribution in [1.29, 1.82) is 5.26 Å². The van der Waals surface area contributed by atoms with Gasteiger partial charge in [0.2, 0.25) is 11.9 Å². The third-order valence-electron chi connectivity index (χ3n) is 15.4. The highest BCUT2D eigenvalue weighted by atomic mass is 35.5. The van der Waals surface area contributed by atoms with Crippen molar-refractivity contribution in [1.82, 2.24) is 36.4 Å². The molecule has 3 aliphatic carbocycles. The Bertz CT molecular complexity index is 2420. The number of likely N-dealkylation sites (N-methyl/N-ethyl adjacent to an activating group) is 1. The Balaban J connectivity index is 0.603. The summed E-state index contributed by atoms with van der Waals surface area (Å²) in [5.74, 6) is 2.47. The fourth-order valence-electron chi connectivity index (χ4n) is 11.2. The van der Waals surface area contributed by atoms with Crippen LogP contribution in [-0.2, 0) is 23.8 Å². The van der Waals surface area contributed by atoms with Gasteiger partial charge in [-0.3, -0.25) is 19.3 Å². The standard InChI is InChI=1S/C52H70ClN11O8/c1-33-30-52(33)50(67)62(2)44-32-56-51(59-47(44)64(52)37-6-4-5-7-37)58-42-15-9-34(28-45(42)68-3)48(65)55-20-23-69-24-25-70-26-27-71-38-18-21-63(22-19-38)46-17-16-43(60-61-46)49(66)57-36-10-13-39(14-11-36)72-40-12-8-35(31-54)41(53)29-40/h8-9,12,15,28-29,32-33,36-39,43,46,60-61H,4-7,10-11,13-14,16-27,30H2,1-3H3,(H,55,65)(H,57,66)(H,56,58,59). The van der Waals surface area contributed by atoms with E-state index in [0.29, 0.717) is 84.6 Å².